The minimum atomic E-state index is -3.47. The molecule has 1 aliphatic heterocycles. The molecule has 5 nitrogen and oxygen atoms in total. The molecule has 2 bridgehead atoms. The normalized spacial score (nSPS) is 33.4. The number of carbonyl (C=O) groups is 1. The van der Waals surface area contributed by atoms with Gasteiger partial charge < -0.3 is 0 Å². The summed E-state index contributed by atoms with van der Waals surface area (Å²) in [7, 11) is -3.47. The van der Waals surface area contributed by atoms with Crippen molar-refractivity contribution in [2.75, 3.05) is 6.54 Å². The number of amides is 1. The van der Waals surface area contributed by atoms with Gasteiger partial charge in [-0.05, 0) is 55.2 Å². The summed E-state index contributed by atoms with van der Waals surface area (Å²) in [4.78, 5) is 16.5. The summed E-state index contributed by atoms with van der Waals surface area (Å²) in [5.41, 5.74) is 1.19. The van der Waals surface area contributed by atoms with E-state index in [9.17, 15) is 13.2 Å². The van der Waals surface area contributed by atoms with Crippen LogP contribution in [0.25, 0.3) is 0 Å². The molecule has 122 valence electrons. The van der Waals surface area contributed by atoms with Crippen molar-refractivity contribution >= 4 is 15.9 Å². The molecule has 4 atom stereocenters. The Kier molecular flexibility index (Phi) is 3.52. The Hall–Kier alpha value is -1.69. The molecule has 4 rings (SSSR count). The van der Waals surface area contributed by atoms with Crippen LogP contribution in [0, 0.1) is 17.8 Å². The Balaban J connectivity index is 1.39. The molecule has 23 heavy (non-hydrogen) atoms. The van der Waals surface area contributed by atoms with Crippen LogP contribution >= 0.6 is 0 Å². The smallest absolute Gasteiger partial charge is 0.241 e. The van der Waals surface area contributed by atoms with Crippen molar-refractivity contribution in [3.8, 4) is 0 Å². The van der Waals surface area contributed by atoms with Crippen molar-refractivity contribution < 1.29 is 13.2 Å². The van der Waals surface area contributed by atoms with Crippen LogP contribution < -0.4 is 0 Å². The van der Waals surface area contributed by atoms with E-state index in [0.717, 1.165) is 19.3 Å². The molecular weight excluding hydrogens is 312 g/mol. The quantitative estimate of drug-likeness (QED) is 0.609. The summed E-state index contributed by atoms with van der Waals surface area (Å²) >= 11 is 0. The van der Waals surface area contributed by atoms with Crippen LogP contribution in [-0.2, 0) is 21.2 Å². The fraction of sp³-hybridized carbons (Fsp3) is 0.529. The molecule has 0 aromatic carbocycles. The maximum Gasteiger partial charge on any atom is 0.241 e. The first-order valence-electron chi connectivity index (χ1n) is 8.21. The number of aromatic nitrogens is 1. The Morgan fingerprint density at radius 2 is 1.87 bits per heavy atom. The summed E-state index contributed by atoms with van der Waals surface area (Å²) in [5.74, 6) is -0.319. The average Bonchev–Trinajstić information content (AvgIpc) is 3.20. The largest absolute Gasteiger partial charge is 0.273 e. The van der Waals surface area contributed by atoms with E-state index < -0.39 is 15.3 Å². The molecule has 0 N–H and O–H groups in total. The molecule has 1 aromatic heterocycles. The Morgan fingerprint density at radius 3 is 2.61 bits per heavy atom. The van der Waals surface area contributed by atoms with Gasteiger partial charge in [0.05, 0.1) is 11.2 Å². The Morgan fingerprint density at radius 1 is 1.13 bits per heavy atom. The number of carbonyl (C=O) groups excluding carboxylic acids is 1. The number of hydrogen-bond donors (Lipinski definition) is 0. The predicted molar refractivity (Wildman–Crippen MR) is 85.8 cm³/mol. The zero-order valence-corrected chi connectivity index (χ0v) is 13.7. The van der Waals surface area contributed by atoms with Crippen molar-refractivity contribution in [1.82, 2.24) is 9.29 Å². The third kappa shape index (κ3) is 2.31. The van der Waals surface area contributed by atoms with Crippen LogP contribution in [0.2, 0.25) is 0 Å². The van der Waals surface area contributed by atoms with Crippen molar-refractivity contribution in [3.63, 3.8) is 0 Å². The summed E-state index contributed by atoms with van der Waals surface area (Å²) in [5, 5.41) is -0.495. The van der Waals surface area contributed by atoms with Crippen molar-refractivity contribution in [3.05, 3.63) is 42.2 Å². The maximum atomic E-state index is 12.7. The van der Waals surface area contributed by atoms with E-state index in [4.69, 9.17) is 0 Å². The second kappa shape index (κ2) is 5.44. The number of allylic oxidation sites excluding steroid dienone is 2. The van der Waals surface area contributed by atoms with E-state index in [1.54, 1.807) is 12.4 Å². The van der Waals surface area contributed by atoms with E-state index in [2.05, 4.69) is 4.98 Å². The molecule has 1 amide bonds. The lowest BCUT2D eigenvalue weighted by atomic mass is 9.92. The van der Waals surface area contributed by atoms with Gasteiger partial charge in [-0.25, -0.2) is 12.7 Å². The van der Waals surface area contributed by atoms with Crippen molar-refractivity contribution in [2.45, 2.75) is 30.9 Å². The third-order valence-corrected chi connectivity index (χ3v) is 7.70. The van der Waals surface area contributed by atoms with Crippen LogP contribution in [0.5, 0.6) is 0 Å². The first kappa shape index (κ1) is 14.9. The molecule has 2 fully saturated rings. The number of aryl methyl sites for hydroxylation is 1. The number of rotatable bonds is 5. The SMILES string of the molecule is O=C1C2C3C=CC(C3)C2S(=O)(=O)N1CCCCc1ccncc1. The molecular formula is C17H20N2O3S. The van der Waals surface area contributed by atoms with Crippen LogP contribution in [0.15, 0.2) is 36.7 Å². The molecule has 3 aliphatic rings. The lowest BCUT2D eigenvalue weighted by Crippen LogP contribution is -2.34. The van der Waals surface area contributed by atoms with Gasteiger partial charge in [-0.3, -0.25) is 9.78 Å². The summed E-state index contributed by atoms with van der Waals surface area (Å²) < 4.78 is 26.6. The van der Waals surface area contributed by atoms with E-state index >= 15 is 0 Å². The highest BCUT2D eigenvalue weighted by atomic mass is 32.2. The summed E-state index contributed by atoms with van der Waals surface area (Å²) in [6.07, 6.45) is 10.8. The highest BCUT2D eigenvalue weighted by Crippen LogP contribution is 2.52. The molecule has 0 radical (unpaired) electrons. The standard InChI is InChI=1S/C17H20N2O3S/c20-17-15-13-4-5-14(11-13)16(15)23(21,22)19(17)10-2-1-3-12-6-8-18-9-7-12/h4-9,13-16H,1-3,10-11H2. The molecule has 6 heteroatoms. The highest BCUT2D eigenvalue weighted by molar-refractivity contribution is 7.90. The van der Waals surface area contributed by atoms with Gasteiger partial charge in [-0.1, -0.05) is 12.2 Å². The van der Waals surface area contributed by atoms with Gasteiger partial charge >= 0.3 is 0 Å². The molecule has 1 aromatic rings. The van der Waals surface area contributed by atoms with Crippen molar-refractivity contribution in [2.24, 2.45) is 17.8 Å². The first-order chi connectivity index (χ1) is 11.1. The van der Waals surface area contributed by atoms with E-state index in [1.807, 2.05) is 24.3 Å². The number of hydrogen-bond acceptors (Lipinski definition) is 4. The second-order valence-electron chi connectivity index (χ2n) is 6.71. The van der Waals surface area contributed by atoms with Crippen LogP contribution in [-0.4, -0.2) is 35.4 Å². The number of pyridine rings is 1. The minimum Gasteiger partial charge on any atom is -0.273 e. The minimum absolute atomic E-state index is 0.0424. The highest BCUT2D eigenvalue weighted by Gasteiger charge is 2.62. The van der Waals surface area contributed by atoms with Crippen LogP contribution in [0.1, 0.15) is 24.8 Å². The average molecular weight is 332 g/mol. The number of unbranched alkanes of at least 4 members (excludes halogenated alkanes) is 1. The Labute approximate surface area is 136 Å². The van der Waals surface area contributed by atoms with Gasteiger partial charge in [0.15, 0.2) is 0 Å². The van der Waals surface area contributed by atoms with E-state index in [1.165, 1.54) is 9.87 Å². The zero-order chi connectivity index (χ0) is 16.0. The first-order valence-corrected chi connectivity index (χ1v) is 9.72. The number of sulfonamides is 1. The summed E-state index contributed by atoms with van der Waals surface area (Å²) in [6.45, 7) is 0.318. The zero-order valence-electron chi connectivity index (χ0n) is 12.8. The topological polar surface area (TPSA) is 67.3 Å². The van der Waals surface area contributed by atoms with Crippen LogP contribution in [0.3, 0.4) is 0 Å². The molecule has 1 saturated heterocycles. The lowest BCUT2D eigenvalue weighted by molar-refractivity contribution is -0.129. The third-order valence-electron chi connectivity index (χ3n) is 5.40. The molecule has 2 heterocycles. The fourth-order valence-corrected chi connectivity index (χ4v) is 6.70. The Bertz CT molecular complexity index is 744. The number of fused-ring (bicyclic) bond motifs is 5. The van der Waals surface area contributed by atoms with Crippen molar-refractivity contribution in [1.29, 1.82) is 0 Å². The van der Waals surface area contributed by atoms with Crippen LogP contribution in [0.4, 0.5) is 0 Å². The number of nitrogens with zero attached hydrogens (tertiary/aromatic N) is 2. The fourth-order valence-electron chi connectivity index (χ4n) is 4.32. The second-order valence-corrected chi connectivity index (χ2v) is 8.72. The monoisotopic (exact) mass is 332 g/mol. The van der Waals surface area contributed by atoms with Gasteiger partial charge in [0.1, 0.15) is 0 Å². The predicted octanol–water partition coefficient (Wildman–Crippen LogP) is 1.77. The maximum absolute atomic E-state index is 12.7. The summed E-state index contributed by atoms with van der Waals surface area (Å²) in [6, 6.07) is 3.93. The van der Waals surface area contributed by atoms with Gasteiger partial charge in [0.25, 0.3) is 0 Å². The molecule has 2 aliphatic carbocycles. The van der Waals surface area contributed by atoms with Gasteiger partial charge in [0.2, 0.25) is 15.9 Å². The van der Waals surface area contributed by atoms with E-state index in [0.29, 0.717) is 13.0 Å². The van der Waals surface area contributed by atoms with Gasteiger partial charge in [-0.2, -0.15) is 0 Å². The van der Waals surface area contributed by atoms with Gasteiger partial charge in [-0.15, -0.1) is 0 Å². The van der Waals surface area contributed by atoms with Gasteiger partial charge in [0, 0.05) is 18.9 Å². The lowest BCUT2D eigenvalue weighted by Gasteiger charge is -2.18. The molecule has 0 spiro atoms. The molecule has 1 saturated carbocycles. The molecule has 4 unspecified atom stereocenters. The van der Waals surface area contributed by atoms with E-state index in [-0.39, 0.29) is 23.7 Å².